The molecule has 1 aromatic rings. The summed E-state index contributed by atoms with van der Waals surface area (Å²) in [5.41, 5.74) is 6.72. The predicted octanol–water partition coefficient (Wildman–Crippen LogP) is 3.83. The smallest absolute Gasteiger partial charge is 0.387 e. The van der Waals surface area contributed by atoms with Gasteiger partial charge in [-0.3, -0.25) is 4.79 Å². The molecule has 1 amide bonds. The first-order chi connectivity index (χ1) is 11.0. The summed E-state index contributed by atoms with van der Waals surface area (Å²) in [4.78, 5) is 12.4. The first-order valence-corrected chi connectivity index (χ1v) is 8.00. The Morgan fingerprint density at radius 1 is 1.35 bits per heavy atom. The third-order valence-electron chi connectivity index (χ3n) is 4.60. The van der Waals surface area contributed by atoms with Crippen LogP contribution < -0.4 is 15.8 Å². The van der Waals surface area contributed by atoms with Gasteiger partial charge in [0, 0.05) is 6.42 Å². The lowest BCUT2D eigenvalue weighted by Gasteiger charge is -2.35. The van der Waals surface area contributed by atoms with Crippen LogP contribution in [0.25, 0.3) is 0 Å². The summed E-state index contributed by atoms with van der Waals surface area (Å²) >= 11 is 0. The molecule has 6 heteroatoms. The summed E-state index contributed by atoms with van der Waals surface area (Å²) in [6.45, 7) is -0.719. The SMILES string of the molecule is Cc1cccc(OC(F)F)c1NC(=O)CC1(CN)CCCCC1. The Balaban J connectivity index is 2.10. The van der Waals surface area contributed by atoms with E-state index in [-0.39, 0.29) is 17.1 Å². The number of nitrogens with one attached hydrogen (secondary N) is 1. The topological polar surface area (TPSA) is 64.3 Å². The van der Waals surface area contributed by atoms with E-state index in [9.17, 15) is 13.6 Å². The van der Waals surface area contributed by atoms with Gasteiger partial charge in [0.05, 0.1) is 5.69 Å². The average Bonchev–Trinajstić information content (AvgIpc) is 2.51. The molecular weight excluding hydrogens is 302 g/mol. The second-order valence-electron chi connectivity index (χ2n) is 6.32. The number of alkyl halides is 2. The predicted molar refractivity (Wildman–Crippen MR) is 85.6 cm³/mol. The molecule has 0 radical (unpaired) electrons. The molecule has 0 saturated heterocycles. The minimum atomic E-state index is -2.93. The van der Waals surface area contributed by atoms with E-state index in [4.69, 9.17) is 5.73 Å². The second kappa shape index (κ2) is 7.73. The minimum Gasteiger partial charge on any atom is -0.433 e. The molecule has 128 valence electrons. The van der Waals surface area contributed by atoms with Gasteiger partial charge < -0.3 is 15.8 Å². The van der Waals surface area contributed by atoms with Gasteiger partial charge in [-0.15, -0.1) is 0 Å². The molecule has 0 unspecified atom stereocenters. The molecule has 0 aliphatic heterocycles. The minimum absolute atomic E-state index is 0.0150. The third-order valence-corrected chi connectivity index (χ3v) is 4.60. The van der Waals surface area contributed by atoms with Crippen LogP contribution in [0.3, 0.4) is 0 Å². The maximum atomic E-state index is 12.5. The van der Waals surface area contributed by atoms with Crippen molar-refractivity contribution in [1.29, 1.82) is 0 Å². The Morgan fingerprint density at radius 2 is 2.04 bits per heavy atom. The number of anilines is 1. The van der Waals surface area contributed by atoms with Crippen molar-refractivity contribution in [2.45, 2.75) is 52.1 Å². The summed E-state index contributed by atoms with van der Waals surface area (Å²) < 4.78 is 29.5. The van der Waals surface area contributed by atoms with Crippen molar-refractivity contribution in [3.63, 3.8) is 0 Å². The van der Waals surface area contributed by atoms with Crippen LogP contribution in [0.2, 0.25) is 0 Å². The van der Waals surface area contributed by atoms with Gasteiger partial charge in [-0.05, 0) is 43.4 Å². The van der Waals surface area contributed by atoms with E-state index in [0.717, 1.165) is 25.7 Å². The summed E-state index contributed by atoms with van der Waals surface area (Å²) in [6, 6.07) is 4.78. The molecule has 1 saturated carbocycles. The Morgan fingerprint density at radius 3 is 2.65 bits per heavy atom. The number of para-hydroxylation sites is 1. The van der Waals surface area contributed by atoms with Crippen LogP contribution >= 0.6 is 0 Å². The number of hydrogen-bond donors (Lipinski definition) is 2. The lowest BCUT2D eigenvalue weighted by Crippen LogP contribution is -2.36. The van der Waals surface area contributed by atoms with Crippen molar-refractivity contribution < 1.29 is 18.3 Å². The van der Waals surface area contributed by atoms with Crippen LogP contribution in [0.1, 0.15) is 44.1 Å². The van der Waals surface area contributed by atoms with Crippen molar-refractivity contribution in [3.05, 3.63) is 23.8 Å². The number of amides is 1. The van der Waals surface area contributed by atoms with Crippen molar-refractivity contribution in [2.24, 2.45) is 11.1 Å². The molecule has 0 bridgehead atoms. The maximum Gasteiger partial charge on any atom is 0.387 e. The monoisotopic (exact) mass is 326 g/mol. The van der Waals surface area contributed by atoms with Crippen LogP contribution in [-0.4, -0.2) is 19.1 Å². The summed E-state index contributed by atoms with van der Waals surface area (Å²) in [5, 5.41) is 2.74. The molecule has 0 heterocycles. The standard InChI is InChI=1S/C17H24F2N2O2/c1-12-6-5-7-13(23-16(18)19)15(12)21-14(22)10-17(11-20)8-3-2-4-9-17/h5-7,16H,2-4,8-11,20H2,1H3,(H,21,22). The van der Waals surface area contributed by atoms with Crippen LogP contribution in [0.15, 0.2) is 18.2 Å². The van der Waals surface area contributed by atoms with Gasteiger partial charge in [-0.1, -0.05) is 31.4 Å². The number of carbonyl (C=O) groups is 1. The number of rotatable bonds is 6. The fourth-order valence-corrected chi connectivity index (χ4v) is 3.27. The Bertz CT molecular complexity index is 543. The van der Waals surface area contributed by atoms with Crippen molar-refractivity contribution in [2.75, 3.05) is 11.9 Å². The van der Waals surface area contributed by atoms with Gasteiger partial charge in [0.25, 0.3) is 0 Å². The highest BCUT2D eigenvalue weighted by molar-refractivity contribution is 5.93. The maximum absolute atomic E-state index is 12.5. The first kappa shape index (κ1) is 17.7. The fraction of sp³-hybridized carbons (Fsp3) is 0.588. The molecule has 1 aromatic carbocycles. The van der Waals surface area contributed by atoms with Gasteiger partial charge in [-0.2, -0.15) is 8.78 Å². The zero-order valence-electron chi connectivity index (χ0n) is 13.4. The molecule has 1 aliphatic rings. The lowest BCUT2D eigenvalue weighted by molar-refractivity contribution is -0.119. The first-order valence-electron chi connectivity index (χ1n) is 8.00. The fourth-order valence-electron chi connectivity index (χ4n) is 3.27. The molecule has 0 atom stereocenters. The molecule has 2 rings (SSSR count). The molecule has 1 aliphatic carbocycles. The van der Waals surface area contributed by atoms with Crippen LogP contribution in [0, 0.1) is 12.3 Å². The summed E-state index contributed by atoms with van der Waals surface area (Å²) in [6.07, 6.45) is 5.51. The van der Waals surface area contributed by atoms with Gasteiger partial charge in [0.1, 0.15) is 5.75 Å². The number of halogens is 2. The molecule has 1 fully saturated rings. The zero-order chi connectivity index (χ0) is 16.9. The zero-order valence-corrected chi connectivity index (χ0v) is 13.4. The van der Waals surface area contributed by atoms with Gasteiger partial charge >= 0.3 is 6.61 Å². The molecule has 4 nitrogen and oxygen atoms in total. The normalized spacial score (nSPS) is 17.1. The largest absolute Gasteiger partial charge is 0.433 e. The quantitative estimate of drug-likeness (QED) is 0.835. The molecule has 23 heavy (non-hydrogen) atoms. The van der Waals surface area contributed by atoms with E-state index in [0.29, 0.717) is 24.2 Å². The van der Waals surface area contributed by atoms with Crippen LogP contribution in [0.4, 0.5) is 14.5 Å². The van der Waals surface area contributed by atoms with Crippen molar-refractivity contribution >= 4 is 11.6 Å². The van der Waals surface area contributed by atoms with Crippen LogP contribution in [-0.2, 0) is 4.79 Å². The Kier molecular flexibility index (Phi) is 5.93. The van der Waals surface area contributed by atoms with E-state index in [2.05, 4.69) is 10.1 Å². The van der Waals surface area contributed by atoms with E-state index in [1.807, 2.05) is 0 Å². The number of benzene rings is 1. The number of carbonyl (C=O) groups excluding carboxylic acids is 1. The summed E-state index contributed by atoms with van der Waals surface area (Å²) in [7, 11) is 0. The van der Waals surface area contributed by atoms with Gasteiger partial charge in [-0.25, -0.2) is 0 Å². The Hall–Kier alpha value is -1.69. The van der Waals surface area contributed by atoms with Crippen molar-refractivity contribution in [1.82, 2.24) is 0 Å². The number of ether oxygens (including phenoxy) is 1. The lowest BCUT2D eigenvalue weighted by atomic mass is 9.71. The van der Waals surface area contributed by atoms with E-state index in [1.54, 1.807) is 19.1 Å². The molecule has 0 spiro atoms. The highest BCUT2D eigenvalue weighted by Crippen LogP contribution is 2.39. The van der Waals surface area contributed by atoms with Crippen LogP contribution in [0.5, 0.6) is 5.75 Å². The number of nitrogens with two attached hydrogens (primary N) is 1. The van der Waals surface area contributed by atoms with E-state index >= 15 is 0 Å². The number of hydrogen-bond acceptors (Lipinski definition) is 3. The highest BCUT2D eigenvalue weighted by Gasteiger charge is 2.33. The second-order valence-corrected chi connectivity index (χ2v) is 6.32. The highest BCUT2D eigenvalue weighted by atomic mass is 19.3. The average molecular weight is 326 g/mol. The Labute approximate surface area is 135 Å². The molecule has 3 N–H and O–H groups in total. The van der Waals surface area contributed by atoms with Gasteiger partial charge in [0.2, 0.25) is 5.91 Å². The summed E-state index contributed by atoms with van der Waals surface area (Å²) in [5.74, 6) is -0.218. The van der Waals surface area contributed by atoms with Crippen molar-refractivity contribution in [3.8, 4) is 5.75 Å². The number of aryl methyl sites for hydroxylation is 1. The van der Waals surface area contributed by atoms with Gasteiger partial charge in [0.15, 0.2) is 0 Å². The molecular formula is C17H24F2N2O2. The third kappa shape index (κ3) is 4.64. The van der Waals surface area contributed by atoms with E-state index < -0.39 is 6.61 Å². The molecule has 0 aromatic heterocycles. The van der Waals surface area contributed by atoms with E-state index in [1.165, 1.54) is 12.5 Å².